The van der Waals surface area contributed by atoms with Crippen LogP contribution in [0.25, 0.3) is 0 Å². The molecule has 0 aromatic heterocycles. The first kappa shape index (κ1) is 26.8. The second-order valence-corrected chi connectivity index (χ2v) is 13.6. The number of hydrogen-bond acceptors (Lipinski definition) is 7. The van der Waals surface area contributed by atoms with Gasteiger partial charge in [0.1, 0.15) is 31.0 Å². The van der Waals surface area contributed by atoms with Crippen LogP contribution in [0.4, 0.5) is 0 Å². The van der Waals surface area contributed by atoms with Crippen LogP contribution in [0.15, 0.2) is 24.3 Å². The quantitative estimate of drug-likeness (QED) is 0.447. The largest absolute Gasteiger partial charge is 0.486 e. The predicted octanol–water partition coefficient (Wildman–Crippen LogP) is 3.00. The van der Waals surface area contributed by atoms with Gasteiger partial charge in [-0.25, -0.2) is 16.8 Å². The van der Waals surface area contributed by atoms with Gasteiger partial charge in [-0.05, 0) is 64.4 Å². The van der Waals surface area contributed by atoms with E-state index < -0.39 is 30.7 Å². The highest BCUT2D eigenvalue weighted by Gasteiger charge is 2.58. The number of Topliss-reactive ketones (excluding diaryl/α,β-unsaturated/α-hetero) is 1. The molecule has 1 aliphatic heterocycles. The van der Waals surface area contributed by atoms with Gasteiger partial charge in [0.15, 0.2) is 5.78 Å². The number of nitrogens with zero attached hydrogens (tertiary/aromatic N) is 1. The summed E-state index contributed by atoms with van der Waals surface area (Å²) in [6, 6.07) is 6.94. The Balaban J connectivity index is 2.55. The van der Waals surface area contributed by atoms with E-state index in [0.717, 1.165) is 38.6 Å². The third-order valence-electron chi connectivity index (χ3n) is 6.74. The fourth-order valence-electron chi connectivity index (χ4n) is 4.65. The van der Waals surface area contributed by atoms with Crippen molar-refractivity contribution in [1.29, 1.82) is 0 Å². The lowest BCUT2D eigenvalue weighted by atomic mass is 9.61. The van der Waals surface area contributed by atoms with Gasteiger partial charge in [-0.1, -0.05) is 26.0 Å². The van der Waals surface area contributed by atoms with Crippen molar-refractivity contribution in [2.24, 2.45) is 5.41 Å². The van der Waals surface area contributed by atoms with E-state index >= 15 is 0 Å². The molecule has 1 aromatic carbocycles. The molecule has 2 rings (SSSR count). The molecule has 1 heterocycles. The molecule has 32 heavy (non-hydrogen) atoms. The molecule has 9 heteroatoms. The molecule has 0 saturated heterocycles. The van der Waals surface area contributed by atoms with Crippen LogP contribution in [0.3, 0.4) is 0 Å². The average molecular weight is 488 g/mol. The lowest BCUT2D eigenvalue weighted by Gasteiger charge is -2.51. The third-order valence-corrected chi connectivity index (χ3v) is 8.63. The van der Waals surface area contributed by atoms with Crippen LogP contribution < -0.4 is 4.74 Å². The molecule has 182 valence electrons. The summed E-state index contributed by atoms with van der Waals surface area (Å²) in [4.78, 5) is 16.2. The third kappa shape index (κ3) is 6.32. The molecule has 0 spiro atoms. The topological polar surface area (TPSA) is 97.8 Å². The highest BCUT2D eigenvalue weighted by molar-refractivity contribution is 7.90. The van der Waals surface area contributed by atoms with Gasteiger partial charge in [0.05, 0.1) is 22.5 Å². The number of carbonyl (C=O) groups excluding carboxylic acids is 1. The Hall–Kier alpha value is -1.45. The minimum absolute atomic E-state index is 0.0241. The van der Waals surface area contributed by atoms with Crippen molar-refractivity contribution in [3.8, 4) is 5.75 Å². The fourth-order valence-corrected chi connectivity index (χ4v) is 6.09. The Morgan fingerprint density at radius 1 is 0.906 bits per heavy atom. The summed E-state index contributed by atoms with van der Waals surface area (Å²) in [6.45, 7) is 8.64. The molecule has 0 saturated carbocycles. The van der Waals surface area contributed by atoms with Crippen molar-refractivity contribution in [2.75, 3.05) is 43.7 Å². The molecule has 1 aliphatic rings. The predicted molar refractivity (Wildman–Crippen MR) is 128 cm³/mol. The molecule has 0 bridgehead atoms. The fraction of sp³-hybridized carbons (Fsp3) is 0.696. The molecule has 1 aromatic rings. The van der Waals surface area contributed by atoms with Gasteiger partial charge in [-0.3, -0.25) is 4.79 Å². The van der Waals surface area contributed by atoms with Gasteiger partial charge in [0.25, 0.3) is 0 Å². The number of sulfone groups is 2. The van der Waals surface area contributed by atoms with Crippen molar-refractivity contribution >= 4 is 25.5 Å². The zero-order valence-corrected chi connectivity index (χ0v) is 21.5. The van der Waals surface area contributed by atoms with E-state index in [1.165, 1.54) is 0 Å². The van der Waals surface area contributed by atoms with E-state index in [-0.39, 0.29) is 30.1 Å². The Kier molecular flexibility index (Phi) is 8.56. The Labute approximate surface area is 193 Å². The molecular formula is C23H37NO6S2. The van der Waals surface area contributed by atoms with E-state index in [0.29, 0.717) is 17.7 Å². The number of ketones is 1. The summed E-state index contributed by atoms with van der Waals surface area (Å²) in [5.41, 5.74) is -1.90. The van der Waals surface area contributed by atoms with Crippen LogP contribution in [0.1, 0.15) is 56.8 Å². The standard InChI is InChI=1S/C23H37NO6S2/c1-6-24(7-2)16-10-13-22(3)23(14-17-31(4,26)27,15-18-32(5,28)29)21(25)19-11-8-9-12-20(19)30-22/h8-9,11-12H,6-7,10,13-18H2,1-5H3. The summed E-state index contributed by atoms with van der Waals surface area (Å²) in [5.74, 6) is -0.173. The van der Waals surface area contributed by atoms with Crippen LogP contribution in [-0.4, -0.2) is 76.8 Å². The molecule has 1 unspecified atom stereocenters. The monoisotopic (exact) mass is 487 g/mol. The van der Waals surface area contributed by atoms with Crippen LogP contribution >= 0.6 is 0 Å². The summed E-state index contributed by atoms with van der Waals surface area (Å²) >= 11 is 0. The molecule has 7 nitrogen and oxygen atoms in total. The number of ether oxygens (including phenoxy) is 1. The second kappa shape index (κ2) is 10.2. The SMILES string of the molecule is CCN(CC)CCCC1(C)Oc2ccccc2C(=O)C1(CCS(C)(=O)=O)CCS(C)(=O)=O. The molecule has 0 N–H and O–H groups in total. The van der Waals surface area contributed by atoms with E-state index in [4.69, 9.17) is 4.74 Å². The normalized spacial score (nSPS) is 20.8. The van der Waals surface area contributed by atoms with Crippen molar-refractivity contribution in [1.82, 2.24) is 4.90 Å². The number of rotatable bonds is 12. The summed E-state index contributed by atoms with van der Waals surface area (Å²) in [7, 11) is -6.75. The Morgan fingerprint density at radius 3 is 1.94 bits per heavy atom. The molecule has 0 amide bonds. The maximum atomic E-state index is 13.9. The lowest BCUT2D eigenvalue weighted by molar-refractivity contribution is -0.0528. The van der Waals surface area contributed by atoms with Crippen molar-refractivity contribution in [3.63, 3.8) is 0 Å². The zero-order valence-electron chi connectivity index (χ0n) is 19.9. The van der Waals surface area contributed by atoms with Gasteiger partial charge in [-0.15, -0.1) is 0 Å². The molecule has 0 fully saturated rings. The van der Waals surface area contributed by atoms with Gasteiger partial charge in [0, 0.05) is 12.5 Å². The van der Waals surface area contributed by atoms with E-state index in [1.54, 1.807) is 24.3 Å². The molecule has 0 aliphatic carbocycles. The first-order chi connectivity index (χ1) is 14.8. The zero-order chi connectivity index (χ0) is 24.2. The van der Waals surface area contributed by atoms with Crippen molar-refractivity contribution in [2.45, 2.75) is 52.1 Å². The van der Waals surface area contributed by atoms with Gasteiger partial charge >= 0.3 is 0 Å². The minimum Gasteiger partial charge on any atom is -0.486 e. The Morgan fingerprint density at radius 2 is 1.44 bits per heavy atom. The summed E-state index contributed by atoms with van der Waals surface area (Å²) in [6.07, 6.45) is 3.57. The number of carbonyl (C=O) groups is 1. The van der Waals surface area contributed by atoms with E-state index in [9.17, 15) is 21.6 Å². The van der Waals surface area contributed by atoms with Crippen molar-refractivity contribution < 1.29 is 26.4 Å². The maximum Gasteiger partial charge on any atom is 0.176 e. The van der Waals surface area contributed by atoms with Crippen LogP contribution in [0.2, 0.25) is 0 Å². The van der Waals surface area contributed by atoms with E-state index in [1.807, 2.05) is 6.92 Å². The lowest BCUT2D eigenvalue weighted by Crippen LogP contribution is -2.59. The minimum atomic E-state index is -3.37. The average Bonchev–Trinajstić information content (AvgIpc) is 2.69. The first-order valence-electron chi connectivity index (χ1n) is 11.2. The number of hydrogen-bond donors (Lipinski definition) is 0. The smallest absolute Gasteiger partial charge is 0.176 e. The Bertz CT molecular complexity index is 979. The number of benzene rings is 1. The van der Waals surface area contributed by atoms with Gasteiger partial charge < -0.3 is 9.64 Å². The molecule has 1 atom stereocenters. The van der Waals surface area contributed by atoms with Gasteiger partial charge in [0.2, 0.25) is 0 Å². The highest BCUT2D eigenvalue weighted by atomic mass is 32.2. The van der Waals surface area contributed by atoms with Crippen molar-refractivity contribution in [3.05, 3.63) is 29.8 Å². The highest BCUT2D eigenvalue weighted by Crippen LogP contribution is 2.52. The first-order valence-corrected chi connectivity index (χ1v) is 15.3. The summed E-state index contributed by atoms with van der Waals surface area (Å²) in [5, 5.41) is 0. The number of para-hydroxylation sites is 1. The maximum absolute atomic E-state index is 13.9. The summed E-state index contributed by atoms with van der Waals surface area (Å²) < 4.78 is 54.8. The van der Waals surface area contributed by atoms with Crippen LogP contribution in [0, 0.1) is 5.41 Å². The molecular weight excluding hydrogens is 450 g/mol. The number of fused-ring (bicyclic) bond motifs is 1. The van der Waals surface area contributed by atoms with Crippen LogP contribution in [0.5, 0.6) is 5.75 Å². The molecule has 0 radical (unpaired) electrons. The second-order valence-electron chi connectivity index (χ2n) is 9.13. The van der Waals surface area contributed by atoms with Crippen LogP contribution in [-0.2, 0) is 19.7 Å². The van der Waals surface area contributed by atoms with Gasteiger partial charge in [-0.2, -0.15) is 0 Å². The van der Waals surface area contributed by atoms with E-state index in [2.05, 4.69) is 18.7 Å².